The normalized spacial score (nSPS) is 14.9. The van der Waals surface area contributed by atoms with E-state index in [4.69, 9.17) is 0 Å². The molecular formula is C22H27N3O2S. The Bertz CT molecular complexity index is 785. The molecule has 5 nitrogen and oxygen atoms in total. The van der Waals surface area contributed by atoms with E-state index in [1.807, 2.05) is 55.3 Å². The largest absolute Gasteiger partial charge is 0.342 e. The number of benzene rings is 1. The number of hydrogen-bond acceptors (Lipinski definition) is 4. The number of carbonyl (C=O) groups excluding carboxylic acids is 2. The predicted octanol–water partition coefficient (Wildman–Crippen LogP) is 4.21. The van der Waals surface area contributed by atoms with Gasteiger partial charge in [-0.25, -0.2) is 0 Å². The molecule has 3 rings (SSSR count). The highest BCUT2D eigenvalue weighted by atomic mass is 32.2. The molecule has 148 valence electrons. The SMILES string of the molecule is CC(C)C(=O)N1CCC(C(=O)Nc2ccc(SCc3cccnc3)cc2)CC1. The molecule has 0 atom stereocenters. The van der Waals surface area contributed by atoms with E-state index in [0.717, 1.165) is 29.2 Å². The van der Waals surface area contributed by atoms with Gasteiger partial charge in [-0.1, -0.05) is 19.9 Å². The Morgan fingerprint density at radius 1 is 1.18 bits per heavy atom. The first-order chi connectivity index (χ1) is 13.5. The van der Waals surface area contributed by atoms with E-state index in [0.29, 0.717) is 13.1 Å². The van der Waals surface area contributed by atoms with Gasteiger partial charge in [0.05, 0.1) is 0 Å². The second-order valence-electron chi connectivity index (χ2n) is 7.42. The number of nitrogens with one attached hydrogen (secondary N) is 1. The van der Waals surface area contributed by atoms with Crippen LogP contribution in [0.15, 0.2) is 53.7 Å². The van der Waals surface area contributed by atoms with Gasteiger partial charge in [0.25, 0.3) is 0 Å². The van der Waals surface area contributed by atoms with Crippen LogP contribution in [0, 0.1) is 11.8 Å². The van der Waals surface area contributed by atoms with Crippen molar-refractivity contribution in [3.8, 4) is 0 Å². The molecule has 0 radical (unpaired) electrons. The van der Waals surface area contributed by atoms with Gasteiger partial charge < -0.3 is 10.2 Å². The number of carbonyl (C=O) groups is 2. The van der Waals surface area contributed by atoms with E-state index >= 15 is 0 Å². The number of nitrogens with zero attached hydrogens (tertiary/aromatic N) is 2. The van der Waals surface area contributed by atoms with Gasteiger partial charge in [-0.15, -0.1) is 11.8 Å². The fraction of sp³-hybridized carbons (Fsp3) is 0.409. The smallest absolute Gasteiger partial charge is 0.227 e. The fourth-order valence-electron chi connectivity index (χ4n) is 3.26. The lowest BCUT2D eigenvalue weighted by Gasteiger charge is -2.32. The fourth-order valence-corrected chi connectivity index (χ4v) is 4.09. The molecule has 6 heteroatoms. The molecular weight excluding hydrogens is 370 g/mol. The summed E-state index contributed by atoms with van der Waals surface area (Å²) in [6.45, 7) is 5.16. The molecule has 0 unspecified atom stereocenters. The van der Waals surface area contributed by atoms with Gasteiger partial charge in [-0.05, 0) is 48.7 Å². The zero-order valence-electron chi connectivity index (χ0n) is 16.4. The topological polar surface area (TPSA) is 62.3 Å². The third-order valence-corrected chi connectivity index (χ3v) is 6.00. The van der Waals surface area contributed by atoms with Gasteiger partial charge in [0.15, 0.2) is 0 Å². The highest BCUT2D eigenvalue weighted by Gasteiger charge is 2.28. The Morgan fingerprint density at radius 2 is 1.89 bits per heavy atom. The molecule has 1 aromatic heterocycles. The molecule has 2 aromatic rings. The first-order valence-electron chi connectivity index (χ1n) is 9.74. The van der Waals surface area contributed by atoms with E-state index < -0.39 is 0 Å². The molecule has 1 N–H and O–H groups in total. The lowest BCUT2D eigenvalue weighted by molar-refractivity contribution is -0.137. The van der Waals surface area contributed by atoms with Crippen LogP contribution in [-0.2, 0) is 15.3 Å². The van der Waals surface area contributed by atoms with Gasteiger partial charge in [0.2, 0.25) is 11.8 Å². The molecule has 1 aliphatic heterocycles. The number of aromatic nitrogens is 1. The first-order valence-corrected chi connectivity index (χ1v) is 10.7. The van der Waals surface area contributed by atoms with Gasteiger partial charge in [0, 0.05) is 53.7 Å². The van der Waals surface area contributed by atoms with Crippen LogP contribution < -0.4 is 5.32 Å². The molecule has 1 aromatic carbocycles. The minimum Gasteiger partial charge on any atom is -0.342 e. The lowest BCUT2D eigenvalue weighted by Crippen LogP contribution is -2.43. The van der Waals surface area contributed by atoms with E-state index in [1.54, 1.807) is 18.0 Å². The van der Waals surface area contributed by atoms with Crippen LogP contribution in [0.1, 0.15) is 32.3 Å². The van der Waals surface area contributed by atoms with Crippen LogP contribution in [0.5, 0.6) is 0 Å². The summed E-state index contributed by atoms with van der Waals surface area (Å²) in [6, 6.07) is 12.0. The summed E-state index contributed by atoms with van der Waals surface area (Å²) in [6.07, 6.45) is 5.10. The van der Waals surface area contributed by atoms with Crippen molar-refractivity contribution < 1.29 is 9.59 Å². The molecule has 2 heterocycles. The van der Waals surface area contributed by atoms with Gasteiger partial charge in [-0.2, -0.15) is 0 Å². The van der Waals surface area contributed by atoms with Gasteiger partial charge in [-0.3, -0.25) is 14.6 Å². The van der Waals surface area contributed by atoms with Crippen LogP contribution in [0.25, 0.3) is 0 Å². The van der Waals surface area contributed by atoms with Crippen molar-refractivity contribution in [2.45, 2.75) is 37.3 Å². The molecule has 1 saturated heterocycles. The summed E-state index contributed by atoms with van der Waals surface area (Å²) in [5, 5.41) is 3.02. The Kier molecular flexibility index (Phi) is 7.09. The van der Waals surface area contributed by atoms with Crippen molar-refractivity contribution in [1.82, 2.24) is 9.88 Å². The number of likely N-dealkylation sites (tertiary alicyclic amines) is 1. The van der Waals surface area contributed by atoms with Crippen LogP contribution in [0.4, 0.5) is 5.69 Å². The molecule has 1 aliphatic rings. The number of amides is 2. The Morgan fingerprint density at radius 3 is 2.50 bits per heavy atom. The van der Waals surface area contributed by atoms with Crippen molar-refractivity contribution >= 4 is 29.3 Å². The highest BCUT2D eigenvalue weighted by Crippen LogP contribution is 2.25. The second kappa shape index (κ2) is 9.73. The molecule has 28 heavy (non-hydrogen) atoms. The summed E-state index contributed by atoms with van der Waals surface area (Å²) in [7, 11) is 0. The summed E-state index contributed by atoms with van der Waals surface area (Å²) >= 11 is 1.74. The monoisotopic (exact) mass is 397 g/mol. The summed E-state index contributed by atoms with van der Waals surface area (Å²) in [5.41, 5.74) is 2.00. The third kappa shape index (κ3) is 5.58. The third-order valence-electron chi connectivity index (χ3n) is 4.92. The number of rotatable bonds is 6. The Balaban J connectivity index is 1.46. The summed E-state index contributed by atoms with van der Waals surface area (Å²) in [5.74, 6) is 1.08. The van der Waals surface area contributed by atoms with Gasteiger partial charge in [0.1, 0.15) is 0 Å². The zero-order chi connectivity index (χ0) is 19.9. The standard InChI is InChI=1S/C22H27N3O2S/c1-16(2)22(27)25-12-9-18(10-13-25)21(26)24-19-5-7-20(8-6-19)28-15-17-4-3-11-23-14-17/h3-8,11,14,16,18H,9-10,12-13,15H2,1-2H3,(H,24,26). The molecule has 0 spiro atoms. The molecule has 0 saturated carbocycles. The van der Waals surface area contributed by atoms with E-state index in [2.05, 4.69) is 16.4 Å². The van der Waals surface area contributed by atoms with E-state index in [1.165, 1.54) is 5.56 Å². The number of thioether (sulfide) groups is 1. The maximum atomic E-state index is 12.5. The van der Waals surface area contributed by atoms with Gasteiger partial charge >= 0.3 is 0 Å². The maximum absolute atomic E-state index is 12.5. The molecule has 0 aliphatic carbocycles. The number of anilines is 1. The predicted molar refractivity (Wildman–Crippen MR) is 113 cm³/mol. The Hall–Kier alpha value is -2.34. The Labute approximate surface area is 170 Å². The second-order valence-corrected chi connectivity index (χ2v) is 8.47. The first kappa shape index (κ1) is 20.4. The van der Waals surface area contributed by atoms with Crippen molar-refractivity contribution in [1.29, 1.82) is 0 Å². The van der Waals surface area contributed by atoms with Crippen LogP contribution in [0.3, 0.4) is 0 Å². The van der Waals surface area contributed by atoms with Crippen LogP contribution in [0.2, 0.25) is 0 Å². The van der Waals surface area contributed by atoms with Crippen LogP contribution in [-0.4, -0.2) is 34.8 Å². The minimum atomic E-state index is -0.0316. The average Bonchev–Trinajstić information content (AvgIpc) is 2.73. The van der Waals surface area contributed by atoms with Crippen LogP contribution >= 0.6 is 11.8 Å². The molecule has 0 bridgehead atoms. The highest BCUT2D eigenvalue weighted by molar-refractivity contribution is 7.98. The number of pyridine rings is 1. The van der Waals surface area contributed by atoms with E-state index in [9.17, 15) is 9.59 Å². The van der Waals surface area contributed by atoms with E-state index in [-0.39, 0.29) is 23.7 Å². The van der Waals surface area contributed by atoms with Crippen molar-refractivity contribution in [2.75, 3.05) is 18.4 Å². The maximum Gasteiger partial charge on any atom is 0.227 e. The number of hydrogen-bond donors (Lipinski definition) is 1. The number of piperidine rings is 1. The van der Waals surface area contributed by atoms with Crippen molar-refractivity contribution in [3.63, 3.8) is 0 Å². The van der Waals surface area contributed by atoms with Crippen molar-refractivity contribution in [2.24, 2.45) is 11.8 Å². The summed E-state index contributed by atoms with van der Waals surface area (Å²) < 4.78 is 0. The van der Waals surface area contributed by atoms with Crippen molar-refractivity contribution in [3.05, 3.63) is 54.4 Å². The quantitative estimate of drug-likeness (QED) is 0.742. The summed E-state index contributed by atoms with van der Waals surface area (Å²) in [4.78, 5) is 31.8. The minimum absolute atomic E-state index is 0.0138. The average molecular weight is 398 g/mol. The molecule has 1 fully saturated rings. The zero-order valence-corrected chi connectivity index (χ0v) is 17.2. The lowest BCUT2D eigenvalue weighted by atomic mass is 9.95. The molecule has 2 amide bonds.